The first-order valence-corrected chi connectivity index (χ1v) is 6.62. The van der Waals surface area contributed by atoms with Gasteiger partial charge in [0.1, 0.15) is 6.04 Å². The third kappa shape index (κ3) is 3.08. The maximum absolute atomic E-state index is 12.2. The lowest BCUT2D eigenvalue weighted by atomic mass is 10.1. The van der Waals surface area contributed by atoms with E-state index in [1.54, 1.807) is 38.1 Å². The Morgan fingerprint density at radius 3 is 3.00 bits per heavy atom. The number of piperazine rings is 1. The lowest BCUT2D eigenvalue weighted by Gasteiger charge is -2.32. The number of nitrogens with one attached hydrogen (secondary N) is 2. The molecule has 3 amide bonds. The third-order valence-electron chi connectivity index (χ3n) is 3.38. The van der Waals surface area contributed by atoms with Crippen molar-refractivity contribution in [2.24, 2.45) is 0 Å². The van der Waals surface area contributed by atoms with Gasteiger partial charge < -0.3 is 20.6 Å². The third-order valence-corrected chi connectivity index (χ3v) is 3.38. The van der Waals surface area contributed by atoms with E-state index in [4.69, 9.17) is 0 Å². The summed E-state index contributed by atoms with van der Waals surface area (Å²) >= 11 is 0. The molecule has 108 valence electrons. The van der Waals surface area contributed by atoms with Gasteiger partial charge in [0.25, 0.3) is 0 Å². The molecule has 6 nitrogen and oxygen atoms in total. The standard InChI is InChI=1S/C14H19N3O3/c1-9-13(19)15-6-7-17(9)14(20)16-12-5-3-4-11(8-12)10(2)18/h3-5,8-10,18H,6-7H2,1-2H3,(H,15,19)(H,16,20). The van der Waals surface area contributed by atoms with Crippen molar-refractivity contribution < 1.29 is 14.7 Å². The monoisotopic (exact) mass is 277 g/mol. The van der Waals surface area contributed by atoms with Crippen LogP contribution in [-0.4, -0.2) is 41.1 Å². The number of carbonyl (C=O) groups is 2. The number of urea groups is 1. The van der Waals surface area contributed by atoms with Gasteiger partial charge in [-0.25, -0.2) is 4.79 Å². The average molecular weight is 277 g/mol. The predicted molar refractivity (Wildman–Crippen MR) is 75.3 cm³/mol. The van der Waals surface area contributed by atoms with Crippen LogP contribution in [0.15, 0.2) is 24.3 Å². The number of nitrogens with zero attached hydrogens (tertiary/aromatic N) is 1. The van der Waals surface area contributed by atoms with E-state index in [0.717, 1.165) is 5.56 Å². The number of anilines is 1. The molecule has 6 heteroatoms. The molecular formula is C14H19N3O3. The topological polar surface area (TPSA) is 81.7 Å². The summed E-state index contributed by atoms with van der Waals surface area (Å²) in [7, 11) is 0. The first-order chi connectivity index (χ1) is 9.49. The van der Waals surface area contributed by atoms with Gasteiger partial charge in [0, 0.05) is 18.8 Å². The molecule has 2 unspecified atom stereocenters. The second-order valence-corrected chi connectivity index (χ2v) is 4.89. The highest BCUT2D eigenvalue weighted by atomic mass is 16.3. The number of rotatable bonds is 2. The van der Waals surface area contributed by atoms with E-state index < -0.39 is 12.1 Å². The average Bonchev–Trinajstić information content (AvgIpc) is 2.42. The van der Waals surface area contributed by atoms with E-state index in [-0.39, 0.29) is 11.9 Å². The van der Waals surface area contributed by atoms with Crippen molar-refractivity contribution in [3.05, 3.63) is 29.8 Å². The van der Waals surface area contributed by atoms with Crippen molar-refractivity contribution in [3.8, 4) is 0 Å². The number of carbonyl (C=O) groups excluding carboxylic acids is 2. The summed E-state index contributed by atoms with van der Waals surface area (Å²) in [6, 6.07) is 6.23. The van der Waals surface area contributed by atoms with Crippen LogP contribution in [-0.2, 0) is 4.79 Å². The van der Waals surface area contributed by atoms with Crippen LogP contribution in [0.2, 0.25) is 0 Å². The molecule has 0 spiro atoms. The van der Waals surface area contributed by atoms with Gasteiger partial charge in [-0.1, -0.05) is 12.1 Å². The number of aliphatic hydroxyl groups excluding tert-OH is 1. The maximum atomic E-state index is 12.2. The van der Waals surface area contributed by atoms with Crippen LogP contribution in [0.3, 0.4) is 0 Å². The number of hydrogen-bond acceptors (Lipinski definition) is 3. The highest BCUT2D eigenvalue weighted by Gasteiger charge is 2.29. The van der Waals surface area contributed by atoms with E-state index in [1.807, 2.05) is 0 Å². The molecule has 2 atom stereocenters. The van der Waals surface area contributed by atoms with Crippen LogP contribution in [0.5, 0.6) is 0 Å². The Morgan fingerprint density at radius 2 is 2.30 bits per heavy atom. The fraction of sp³-hybridized carbons (Fsp3) is 0.429. The molecule has 1 saturated heterocycles. The van der Waals surface area contributed by atoms with Gasteiger partial charge in [-0.05, 0) is 31.5 Å². The van der Waals surface area contributed by atoms with Crippen molar-refractivity contribution in [2.75, 3.05) is 18.4 Å². The summed E-state index contributed by atoms with van der Waals surface area (Å²) in [4.78, 5) is 25.2. The molecule has 2 rings (SSSR count). The Hall–Kier alpha value is -2.08. The Labute approximate surface area is 117 Å². The molecule has 0 bridgehead atoms. The van der Waals surface area contributed by atoms with Crippen LogP contribution >= 0.6 is 0 Å². The number of aliphatic hydroxyl groups is 1. The lowest BCUT2D eigenvalue weighted by Crippen LogP contribution is -2.56. The number of amides is 3. The summed E-state index contributed by atoms with van der Waals surface area (Å²) in [5, 5.41) is 15.0. The largest absolute Gasteiger partial charge is 0.389 e. The van der Waals surface area contributed by atoms with Crippen molar-refractivity contribution in [3.63, 3.8) is 0 Å². The van der Waals surface area contributed by atoms with Gasteiger partial charge in [-0.3, -0.25) is 4.79 Å². The smallest absolute Gasteiger partial charge is 0.322 e. The highest BCUT2D eigenvalue weighted by Crippen LogP contribution is 2.18. The van der Waals surface area contributed by atoms with Crippen molar-refractivity contribution in [1.29, 1.82) is 0 Å². The van der Waals surface area contributed by atoms with Crippen LogP contribution < -0.4 is 10.6 Å². The quantitative estimate of drug-likeness (QED) is 0.757. The van der Waals surface area contributed by atoms with Gasteiger partial charge in [0.2, 0.25) is 5.91 Å². The minimum absolute atomic E-state index is 0.149. The van der Waals surface area contributed by atoms with E-state index in [2.05, 4.69) is 10.6 Å². The van der Waals surface area contributed by atoms with Crippen molar-refractivity contribution in [2.45, 2.75) is 26.0 Å². The second kappa shape index (κ2) is 5.92. The summed E-state index contributed by atoms with van der Waals surface area (Å²) in [6.45, 7) is 4.30. The summed E-state index contributed by atoms with van der Waals surface area (Å²) in [5.41, 5.74) is 1.33. The summed E-state index contributed by atoms with van der Waals surface area (Å²) in [6.07, 6.45) is -0.591. The SMILES string of the molecule is CC(O)c1cccc(NC(=O)N2CCNC(=O)C2C)c1. The zero-order chi connectivity index (χ0) is 14.7. The molecule has 0 saturated carbocycles. The fourth-order valence-electron chi connectivity index (χ4n) is 2.13. The molecule has 0 aromatic heterocycles. The maximum Gasteiger partial charge on any atom is 0.322 e. The number of benzene rings is 1. The lowest BCUT2D eigenvalue weighted by molar-refractivity contribution is -0.126. The molecule has 1 aliphatic heterocycles. The van der Waals surface area contributed by atoms with E-state index in [1.165, 1.54) is 4.90 Å². The van der Waals surface area contributed by atoms with Crippen LogP contribution in [0, 0.1) is 0 Å². The van der Waals surface area contributed by atoms with Crippen molar-refractivity contribution in [1.82, 2.24) is 10.2 Å². The summed E-state index contributed by atoms with van der Waals surface area (Å²) < 4.78 is 0. The van der Waals surface area contributed by atoms with Crippen LogP contribution in [0.1, 0.15) is 25.5 Å². The minimum atomic E-state index is -0.591. The van der Waals surface area contributed by atoms with Gasteiger partial charge in [0.05, 0.1) is 6.10 Å². The molecule has 1 aromatic carbocycles. The zero-order valence-corrected chi connectivity index (χ0v) is 11.6. The van der Waals surface area contributed by atoms with Gasteiger partial charge in [-0.2, -0.15) is 0 Å². The molecule has 1 fully saturated rings. The van der Waals surface area contributed by atoms with Crippen LogP contribution in [0.25, 0.3) is 0 Å². The molecule has 3 N–H and O–H groups in total. The Bertz CT molecular complexity index is 516. The van der Waals surface area contributed by atoms with E-state index in [9.17, 15) is 14.7 Å². The predicted octanol–water partition coefficient (Wildman–Crippen LogP) is 1.09. The highest BCUT2D eigenvalue weighted by molar-refractivity contribution is 5.94. The molecule has 0 aliphatic carbocycles. The Morgan fingerprint density at radius 1 is 1.55 bits per heavy atom. The second-order valence-electron chi connectivity index (χ2n) is 4.89. The van der Waals surface area contributed by atoms with Crippen LogP contribution in [0.4, 0.5) is 10.5 Å². The van der Waals surface area contributed by atoms with Gasteiger partial charge in [0.15, 0.2) is 0 Å². The minimum Gasteiger partial charge on any atom is -0.389 e. The Balaban J connectivity index is 2.07. The fourth-order valence-corrected chi connectivity index (χ4v) is 2.13. The van der Waals surface area contributed by atoms with Crippen molar-refractivity contribution >= 4 is 17.6 Å². The first-order valence-electron chi connectivity index (χ1n) is 6.62. The summed E-state index contributed by atoms with van der Waals surface area (Å²) in [5.74, 6) is -0.149. The Kier molecular flexibility index (Phi) is 4.24. The zero-order valence-electron chi connectivity index (χ0n) is 11.6. The number of hydrogen-bond donors (Lipinski definition) is 3. The normalized spacial score (nSPS) is 20.2. The molecule has 1 heterocycles. The molecule has 20 heavy (non-hydrogen) atoms. The first kappa shape index (κ1) is 14.3. The van der Waals surface area contributed by atoms with E-state index >= 15 is 0 Å². The van der Waals surface area contributed by atoms with Gasteiger partial charge in [-0.15, -0.1) is 0 Å². The molecule has 1 aromatic rings. The van der Waals surface area contributed by atoms with Gasteiger partial charge >= 0.3 is 6.03 Å². The van der Waals surface area contributed by atoms with E-state index in [0.29, 0.717) is 18.8 Å². The molecular weight excluding hydrogens is 258 g/mol. The molecule has 1 aliphatic rings. The molecule has 0 radical (unpaired) electrons.